The Balaban J connectivity index is 1.48. The predicted molar refractivity (Wildman–Crippen MR) is 129 cm³/mol. The number of carbonyl (C=O) groups excluding carboxylic acids is 1. The average Bonchev–Trinajstić information content (AvgIpc) is 3.18. The Morgan fingerprint density at radius 2 is 2.03 bits per heavy atom. The van der Waals surface area contributed by atoms with Gasteiger partial charge in [-0.05, 0) is 49.8 Å². The van der Waals surface area contributed by atoms with Crippen LogP contribution < -0.4 is 5.32 Å². The van der Waals surface area contributed by atoms with Crippen molar-refractivity contribution >= 4 is 35.0 Å². The molecule has 0 spiro atoms. The number of fused-ring (bicyclic) bond motifs is 1. The summed E-state index contributed by atoms with van der Waals surface area (Å²) in [4.78, 5) is 21.6. The summed E-state index contributed by atoms with van der Waals surface area (Å²) < 4.78 is 16.0. The molecule has 1 aromatic carbocycles. The fraction of sp³-hybridized carbons (Fsp3) is 0.500. The Hall–Kier alpha value is -2.19. The maximum atomic E-state index is 14.3. The number of carbonyl (C=O) groups is 1. The van der Waals surface area contributed by atoms with Gasteiger partial charge in [0.1, 0.15) is 5.82 Å². The lowest BCUT2D eigenvalue weighted by Crippen LogP contribution is -2.44. The Morgan fingerprint density at radius 3 is 2.79 bits per heavy atom. The molecule has 33 heavy (non-hydrogen) atoms. The van der Waals surface area contributed by atoms with Crippen LogP contribution in [0.25, 0.3) is 5.78 Å². The van der Waals surface area contributed by atoms with Crippen molar-refractivity contribution in [3.63, 3.8) is 0 Å². The second kappa shape index (κ2) is 9.97. The molecule has 9 heteroatoms. The first-order chi connectivity index (χ1) is 15.7. The number of rotatable bonds is 6. The summed E-state index contributed by atoms with van der Waals surface area (Å²) in [7, 11) is 0. The van der Waals surface area contributed by atoms with Crippen molar-refractivity contribution in [2.45, 2.75) is 64.6 Å². The molecule has 2 heterocycles. The molecule has 1 saturated carbocycles. The van der Waals surface area contributed by atoms with Crippen LogP contribution in [-0.2, 0) is 11.2 Å². The first-order valence-electron chi connectivity index (χ1n) is 11.3. The summed E-state index contributed by atoms with van der Waals surface area (Å²) in [6.07, 6.45) is 3.73. The molecule has 1 N–H and O–H groups in total. The van der Waals surface area contributed by atoms with Crippen LogP contribution in [-0.4, -0.2) is 37.3 Å². The van der Waals surface area contributed by atoms with Crippen LogP contribution in [0.2, 0.25) is 5.02 Å². The van der Waals surface area contributed by atoms with E-state index in [1.807, 2.05) is 13.8 Å². The highest BCUT2D eigenvalue weighted by Crippen LogP contribution is 2.30. The summed E-state index contributed by atoms with van der Waals surface area (Å²) in [5.41, 5.74) is 2.87. The molecule has 1 aliphatic rings. The van der Waals surface area contributed by atoms with Crippen molar-refractivity contribution in [1.29, 1.82) is 0 Å². The topological polar surface area (TPSA) is 72.2 Å². The third kappa shape index (κ3) is 5.17. The van der Waals surface area contributed by atoms with Crippen LogP contribution in [0.5, 0.6) is 0 Å². The highest BCUT2D eigenvalue weighted by atomic mass is 35.5. The van der Waals surface area contributed by atoms with E-state index >= 15 is 0 Å². The minimum atomic E-state index is -0.344. The number of aromatic nitrogens is 4. The predicted octanol–water partition coefficient (Wildman–Crippen LogP) is 5.16. The van der Waals surface area contributed by atoms with Gasteiger partial charge in [0.15, 0.2) is 0 Å². The first kappa shape index (κ1) is 24.0. The molecular weight excluding hydrogens is 461 g/mol. The Kier molecular flexibility index (Phi) is 7.24. The van der Waals surface area contributed by atoms with E-state index in [9.17, 15) is 9.18 Å². The van der Waals surface area contributed by atoms with Gasteiger partial charge in [0, 0.05) is 34.4 Å². The number of hydrogen-bond acceptors (Lipinski definition) is 5. The van der Waals surface area contributed by atoms with Gasteiger partial charge < -0.3 is 5.32 Å². The van der Waals surface area contributed by atoms with Crippen molar-refractivity contribution < 1.29 is 9.18 Å². The van der Waals surface area contributed by atoms with Crippen LogP contribution >= 0.6 is 23.4 Å². The summed E-state index contributed by atoms with van der Waals surface area (Å²) >= 11 is 7.53. The number of benzene rings is 1. The minimum absolute atomic E-state index is 0.000511. The van der Waals surface area contributed by atoms with E-state index in [1.165, 1.54) is 24.2 Å². The molecule has 2 aromatic heterocycles. The standard InChI is InChI=1S/C24H29ClFN5OS/c1-13-7-5-10-21(14(13)2)28-22(32)12-33-24-29-23-27-15(3)17(16(4)31(23)30-24)11-18-19(25)8-6-9-20(18)26/h6,8-9,13-14,21H,5,7,10-12H2,1-4H3,(H,28,32)/t13-,14-,21-/m1/s1. The molecule has 4 rings (SSSR count). The second-order valence-corrected chi connectivity index (χ2v) is 10.3. The van der Waals surface area contributed by atoms with E-state index < -0.39 is 0 Å². The van der Waals surface area contributed by atoms with Crippen LogP contribution in [0.4, 0.5) is 4.39 Å². The third-order valence-corrected chi connectivity index (χ3v) is 8.02. The zero-order valence-electron chi connectivity index (χ0n) is 19.4. The fourth-order valence-corrected chi connectivity index (χ4v) is 5.41. The van der Waals surface area contributed by atoms with Crippen LogP contribution in [0, 0.1) is 31.5 Å². The van der Waals surface area contributed by atoms with Crippen molar-refractivity contribution in [2.24, 2.45) is 11.8 Å². The number of hydrogen-bond donors (Lipinski definition) is 1. The Labute approximate surface area is 202 Å². The lowest BCUT2D eigenvalue weighted by Gasteiger charge is -2.34. The summed E-state index contributed by atoms with van der Waals surface area (Å²) in [5.74, 6) is 1.49. The smallest absolute Gasteiger partial charge is 0.253 e. The zero-order chi connectivity index (χ0) is 23.7. The highest BCUT2D eigenvalue weighted by molar-refractivity contribution is 7.99. The van der Waals surface area contributed by atoms with Gasteiger partial charge >= 0.3 is 0 Å². The number of thioether (sulfide) groups is 1. The minimum Gasteiger partial charge on any atom is -0.352 e. The fourth-order valence-electron chi connectivity index (χ4n) is 4.55. The van der Waals surface area contributed by atoms with E-state index in [0.29, 0.717) is 39.8 Å². The SMILES string of the molecule is Cc1nc2nc(SCC(=O)N[C@@H]3CCC[C@@H](C)[C@H]3C)nn2c(C)c1Cc1c(F)cccc1Cl. The maximum absolute atomic E-state index is 14.3. The third-order valence-electron chi connectivity index (χ3n) is 6.83. The van der Waals surface area contributed by atoms with Crippen LogP contribution in [0.1, 0.15) is 55.6 Å². The van der Waals surface area contributed by atoms with E-state index in [1.54, 1.807) is 16.6 Å². The van der Waals surface area contributed by atoms with Gasteiger partial charge in [-0.15, -0.1) is 5.10 Å². The lowest BCUT2D eigenvalue weighted by molar-refractivity contribution is -0.120. The molecule has 1 aliphatic carbocycles. The molecule has 1 amide bonds. The van der Waals surface area contributed by atoms with Gasteiger partial charge in [-0.25, -0.2) is 13.9 Å². The Morgan fingerprint density at radius 1 is 1.24 bits per heavy atom. The number of halogens is 2. The first-order valence-corrected chi connectivity index (χ1v) is 12.7. The van der Waals surface area contributed by atoms with Crippen molar-refractivity contribution in [3.05, 3.63) is 51.6 Å². The zero-order valence-corrected chi connectivity index (χ0v) is 20.9. The molecular formula is C24H29ClFN5OS. The van der Waals surface area contributed by atoms with Gasteiger partial charge in [0.25, 0.3) is 5.78 Å². The van der Waals surface area contributed by atoms with E-state index in [4.69, 9.17) is 11.6 Å². The van der Waals surface area contributed by atoms with Gasteiger partial charge in [-0.1, -0.05) is 56.1 Å². The van der Waals surface area contributed by atoms with Crippen LogP contribution in [0.3, 0.4) is 0 Å². The van der Waals surface area contributed by atoms with Crippen molar-refractivity contribution in [2.75, 3.05) is 5.75 Å². The largest absolute Gasteiger partial charge is 0.352 e. The number of aryl methyl sites for hydroxylation is 2. The normalized spacial score (nSPS) is 20.8. The molecule has 0 radical (unpaired) electrons. The van der Waals surface area contributed by atoms with Crippen LogP contribution in [0.15, 0.2) is 23.4 Å². The monoisotopic (exact) mass is 489 g/mol. The number of nitrogens with zero attached hydrogens (tertiary/aromatic N) is 4. The van der Waals surface area contributed by atoms with Gasteiger partial charge in [-0.2, -0.15) is 4.98 Å². The van der Waals surface area contributed by atoms with E-state index in [2.05, 4.69) is 34.2 Å². The van der Waals surface area contributed by atoms with Gasteiger partial charge in [0.05, 0.1) is 5.75 Å². The summed E-state index contributed by atoms with van der Waals surface area (Å²) in [6, 6.07) is 4.91. The average molecular weight is 490 g/mol. The van der Waals surface area contributed by atoms with E-state index in [0.717, 1.165) is 29.8 Å². The number of amides is 1. The second-order valence-electron chi connectivity index (χ2n) is 8.97. The molecule has 3 aromatic rings. The van der Waals surface area contributed by atoms with Gasteiger partial charge in [0.2, 0.25) is 11.1 Å². The molecule has 0 aliphatic heterocycles. The molecule has 3 atom stereocenters. The molecule has 0 bridgehead atoms. The molecule has 6 nitrogen and oxygen atoms in total. The summed E-state index contributed by atoms with van der Waals surface area (Å²) in [5, 5.41) is 8.61. The van der Waals surface area contributed by atoms with Crippen molar-refractivity contribution in [3.8, 4) is 0 Å². The highest BCUT2D eigenvalue weighted by Gasteiger charge is 2.28. The summed E-state index contributed by atoms with van der Waals surface area (Å²) in [6.45, 7) is 8.25. The number of nitrogens with one attached hydrogen (secondary N) is 1. The van der Waals surface area contributed by atoms with E-state index in [-0.39, 0.29) is 23.5 Å². The quantitative estimate of drug-likeness (QED) is 0.484. The Bertz CT molecular complexity index is 1160. The lowest BCUT2D eigenvalue weighted by atomic mass is 9.78. The molecule has 0 saturated heterocycles. The van der Waals surface area contributed by atoms with Gasteiger partial charge in [-0.3, -0.25) is 4.79 Å². The molecule has 0 unspecified atom stereocenters. The van der Waals surface area contributed by atoms with Crippen molar-refractivity contribution in [1.82, 2.24) is 24.9 Å². The maximum Gasteiger partial charge on any atom is 0.253 e. The molecule has 176 valence electrons. The molecule has 1 fully saturated rings.